The SMILES string of the molecule is Cc1ccc2c(c1)[C@@H](N[C@@H]1CCC(=O)NC1)CCCO2. The Kier molecular flexibility index (Phi) is 3.92. The highest BCUT2D eigenvalue weighted by Crippen LogP contribution is 2.32. The van der Waals surface area contributed by atoms with Gasteiger partial charge in [0.05, 0.1) is 6.61 Å². The van der Waals surface area contributed by atoms with E-state index < -0.39 is 0 Å². The molecular formula is C16H22N2O2. The van der Waals surface area contributed by atoms with E-state index in [1.54, 1.807) is 0 Å². The van der Waals surface area contributed by atoms with Crippen LogP contribution in [0.25, 0.3) is 0 Å². The number of hydrogen-bond acceptors (Lipinski definition) is 3. The molecule has 3 rings (SSSR count). The molecule has 0 spiro atoms. The molecule has 2 heterocycles. The van der Waals surface area contributed by atoms with Crippen LogP contribution in [0.3, 0.4) is 0 Å². The van der Waals surface area contributed by atoms with E-state index in [0.29, 0.717) is 18.5 Å². The Balaban J connectivity index is 1.76. The lowest BCUT2D eigenvalue weighted by molar-refractivity contribution is -0.122. The van der Waals surface area contributed by atoms with Crippen molar-refractivity contribution < 1.29 is 9.53 Å². The lowest BCUT2D eigenvalue weighted by atomic mass is 9.97. The molecular weight excluding hydrogens is 252 g/mol. The number of fused-ring (bicyclic) bond motifs is 1. The number of benzene rings is 1. The van der Waals surface area contributed by atoms with Gasteiger partial charge >= 0.3 is 0 Å². The Labute approximate surface area is 119 Å². The van der Waals surface area contributed by atoms with Crippen LogP contribution in [0.2, 0.25) is 0 Å². The van der Waals surface area contributed by atoms with Crippen LogP contribution in [-0.2, 0) is 4.79 Å². The number of amides is 1. The number of piperidine rings is 1. The number of nitrogens with one attached hydrogen (secondary N) is 2. The minimum Gasteiger partial charge on any atom is -0.493 e. The summed E-state index contributed by atoms with van der Waals surface area (Å²) in [4.78, 5) is 11.2. The summed E-state index contributed by atoms with van der Waals surface area (Å²) >= 11 is 0. The molecule has 2 atom stereocenters. The fourth-order valence-corrected chi connectivity index (χ4v) is 3.03. The minimum atomic E-state index is 0.170. The summed E-state index contributed by atoms with van der Waals surface area (Å²) in [5.74, 6) is 1.17. The fourth-order valence-electron chi connectivity index (χ4n) is 3.03. The van der Waals surface area contributed by atoms with E-state index in [9.17, 15) is 4.79 Å². The van der Waals surface area contributed by atoms with Gasteiger partial charge in [-0.1, -0.05) is 17.7 Å². The van der Waals surface area contributed by atoms with Crippen LogP contribution in [0.5, 0.6) is 5.75 Å². The molecule has 0 unspecified atom stereocenters. The Morgan fingerprint density at radius 1 is 1.35 bits per heavy atom. The van der Waals surface area contributed by atoms with E-state index in [1.165, 1.54) is 11.1 Å². The third-order valence-corrected chi connectivity index (χ3v) is 4.14. The average molecular weight is 274 g/mol. The van der Waals surface area contributed by atoms with E-state index in [0.717, 1.165) is 38.2 Å². The second-order valence-corrected chi connectivity index (χ2v) is 5.79. The fraction of sp³-hybridized carbons (Fsp3) is 0.562. The molecule has 1 aromatic rings. The summed E-state index contributed by atoms with van der Waals surface area (Å²) in [6.45, 7) is 3.63. The number of aryl methyl sites for hydroxylation is 1. The lowest BCUT2D eigenvalue weighted by Gasteiger charge is -2.29. The maximum atomic E-state index is 11.2. The molecule has 1 aromatic carbocycles. The molecule has 0 aliphatic carbocycles. The van der Waals surface area contributed by atoms with Gasteiger partial charge < -0.3 is 15.4 Å². The first-order valence-electron chi connectivity index (χ1n) is 7.48. The highest BCUT2D eigenvalue weighted by Gasteiger charge is 2.25. The molecule has 0 saturated carbocycles. The first-order valence-corrected chi connectivity index (χ1v) is 7.48. The van der Waals surface area contributed by atoms with E-state index in [2.05, 4.69) is 35.8 Å². The molecule has 1 saturated heterocycles. The molecule has 108 valence electrons. The first-order chi connectivity index (χ1) is 9.72. The Morgan fingerprint density at radius 3 is 3.05 bits per heavy atom. The molecule has 4 heteroatoms. The van der Waals surface area contributed by atoms with Crippen molar-refractivity contribution >= 4 is 5.91 Å². The molecule has 2 N–H and O–H groups in total. The zero-order valence-corrected chi connectivity index (χ0v) is 11.9. The number of hydrogen-bond donors (Lipinski definition) is 2. The number of carbonyl (C=O) groups excluding carboxylic acids is 1. The summed E-state index contributed by atoms with van der Waals surface area (Å²) in [5.41, 5.74) is 2.53. The quantitative estimate of drug-likeness (QED) is 0.868. The second kappa shape index (κ2) is 5.83. The van der Waals surface area contributed by atoms with E-state index >= 15 is 0 Å². The standard InChI is InChI=1S/C16H22N2O2/c1-11-4-6-15-13(9-11)14(3-2-8-20-15)18-12-5-7-16(19)17-10-12/h4,6,9,12,14,18H,2-3,5,7-8,10H2,1H3,(H,17,19)/t12-,14+/m1/s1. The van der Waals surface area contributed by atoms with Crippen molar-refractivity contribution in [2.75, 3.05) is 13.2 Å². The number of carbonyl (C=O) groups is 1. The summed E-state index contributed by atoms with van der Waals surface area (Å²) in [5, 5.41) is 6.65. The van der Waals surface area contributed by atoms with Crippen LogP contribution in [0.15, 0.2) is 18.2 Å². The smallest absolute Gasteiger partial charge is 0.220 e. The highest BCUT2D eigenvalue weighted by molar-refractivity contribution is 5.76. The first kappa shape index (κ1) is 13.4. The third kappa shape index (κ3) is 2.96. The van der Waals surface area contributed by atoms with Gasteiger partial charge in [-0.3, -0.25) is 4.79 Å². The maximum absolute atomic E-state index is 11.2. The Morgan fingerprint density at radius 2 is 2.25 bits per heavy atom. The molecule has 1 fully saturated rings. The monoisotopic (exact) mass is 274 g/mol. The van der Waals surface area contributed by atoms with Crippen molar-refractivity contribution in [3.05, 3.63) is 29.3 Å². The Hall–Kier alpha value is -1.55. The van der Waals surface area contributed by atoms with Crippen molar-refractivity contribution in [2.45, 2.75) is 44.7 Å². The molecule has 0 radical (unpaired) electrons. The average Bonchev–Trinajstić information content (AvgIpc) is 2.64. The van der Waals surface area contributed by atoms with Crippen molar-refractivity contribution in [2.24, 2.45) is 0 Å². The summed E-state index contributed by atoms with van der Waals surface area (Å²) in [6, 6.07) is 7.09. The van der Waals surface area contributed by atoms with Gasteiger partial charge in [0.2, 0.25) is 5.91 Å². The molecule has 0 bridgehead atoms. The Bertz CT molecular complexity index is 491. The predicted molar refractivity (Wildman–Crippen MR) is 77.8 cm³/mol. The summed E-state index contributed by atoms with van der Waals surface area (Å²) < 4.78 is 5.83. The predicted octanol–water partition coefficient (Wildman–Crippen LogP) is 2.08. The van der Waals surface area contributed by atoms with Crippen LogP contribution in [0.4, 0.5) is 0 Å². The van der Waals surface area contributed by atoms with Crippen LogP contribution in [-0.4, -0.2) is 25.1 Å². The third-order valence-electron chi connectivity index (χ3n) is 4.14. The van der Waals surface area contributed by atoms with Crippen LogP contribution < -0.4 is 15.4 Å². The zero-order chi connectivity index (χ0) is 13.9. The van der Waals surface area contributed by atoms with Crippen LogP contribution in [0.1, 0.15) is 42.9 Å². The van der Waals surface area contributed by atoms with Gasteiger partial charge in [0, 0.05) is 30.6 Å². The zero-order valence-electron chi connectivity index (χ0n) is 11.9. The molecule has 1 amide bonds. The van der Waals surface area contributed by atoms with Gasteiger partial charge in [-0.25, -0.2) is 0 Å². The van der Waals surface area contributed by atoms with Crippen LogP contribution >= 0.6 is 0 Å². The van der Waals surface area contributed by atoms with Crippen molar-refractivity contribution in [3.63, 3.8) is 0 Å². The number of rotatable bonds is 2. The lowest BCUT2D eigenvalue weighted by Crippen LogP contribution is -2.46. The van der Waals surface area contributed by atoms with Crippen molar-refractivity contribution in [1.82, 2.24) is 10.6 Å². The van der Waals surface area contributed by atoms with Gasteiger partial charge in [-0.05, 0) is 32.3 Å². The summed E-state index contributed by atoms with van der Waals surface area (Å²) in [6.07, 6.45) is 3.69. The van der Waals surface area contributed by atoms with E-state index in [1.807, 2.05) is 0 Å². The normalized spacial score (nSPS) is 26.1. The van der Waals surface area contributed by atoms with Gasteiger partial charge in [-0.2, -0.15) is 0 Å². The van der Waals surface area contributed by atoms with Gasteiger partial charge in [0.1, 0.15) is 5.75 Å². The number of ether oxygens (including phenoxy) is 1. The second-order valence-electron chi connectivity index (χ2n) is 5.79. The van der Waals surface area contributed by atoms with Gasteiger partial charge in [0.15, 0.2) is 0 Å². The molecule has 4 nitrogen and oxygen atoms in total. The molecule has 20 heavy (non-hydrogen) atoms. The van der Waals surface area contributed by atoms with Gasteiger partial charge in [-0.15, -0.1) is 0 Å². The molecule has 2 aliphatic heterocycles. The highest BCUT2D eigenvalue weighted by atomic mass is 16.5. The topological polar surface area (TPSA) is 50.4 Å². The summed E-state index contributed by atoms with van der Waals surface area (Å²) in [7, 11) is 0. The maximum Gasteiger partial charge on any atom is 0.220 e. The minimum absolute atomic E-state index is 0.170. The van der Waals surface area contributed by atoms with E-state index in [-0.39, 0.29) is 5.91 Å². The van der Waals surface area contributed by atoms with Crippen LogP contribution in [0, 0.1) is 6.92 Å². The van der Waals surface area contributed by atoms with Crippen molar-refractivity contribution in [3.8, 4) is 5.75 Å². The largest absolute Gasteiger partial charge is 0.493 e. The van der Waals surface area contributed by atoms with Crippen molar-refractivity contribution in [1.29, 1.82) is 0 Å². The molecule has 2 aliphatic rings. The van der Waals surface area contributed by atoms with E-state index in [4.69, 9.17) is 4.74 Å². The van der Waals surface area contributed by atoms with Gasteiger partial charge in [0.25, 0.3) is 0 Å². The molecule has 0 aromatic heterocycles.